The van der Waals surface area contributed by atoms with Crippen molar-refractivity contribution in [3.05, 3.63) is 24.3 Å². The third kappa shape index (κ3) is 6.74. The fourth-order valence-corrected chi connectivity index (χ4v) is 4.90. The van der Waals surface area contributed by atoms with E-state index in [1.807, 2.05) is 20.8 Å². The van der Waals surface area contributed by atoms with E-state index >= 15 is 0 Å². The van der Waals surface area contributed by atoms with Crippen LogP contribution in [0.3, 0.4) is 0 Å². The quantitative estimate of drug-likeness (QED) is 0.516. The number of carbonyl (C=O) groups is 1. The Morgan fingerprint density at radius 3 is 2.38 bits per heavy atom. The molecule has 29 heavy (non-hydrogen) atoms. The number of piperidine rings is 1. The lowest BCUT2D eigenvalue weighted by atomic mass is 9.80. The van der Waals surface area contributed by atoms with Gasteiger partial charge in [0.1, 0.15) is 12.4 Å². The van der Waals surface area contributed by atoms with E-state index in [0.717, 1.165) is 0 Å². The van der Waals surface area contributed by atoms with E-state index < -0.39 is 26.8 Å². The van der Waals surface area contributed by atoms with Crippen molar-refractivity contribution in [3.8, 4) is 17.6 Å². The molecule has 0 unspecified atom stereocenters. The highest BCUT2D eigenvalue weighted by molar-refractivity contribution is 7.91. The van der Waals surface area contributed by atoms with Crippen molar-refractivity contribution < 1.29 is 22.8 Å². The summed E-state index contributed by atoms with van der Waals surface area (Å²) in [5.74, 6) is 5.39. The summed E-state index contributed by atoms with van der Waals surface area (Å²) >= 11 is 0. The van der Waals surface area contributed by atoms with E-state index in [1.165, 1.54) is 12.1 Å². The summed E-state index contributed by atoms with van der Waals surface area (Å²) < 4.78 is 31.6. The van der Waals surface area contributed by atoms with E-state index in [0.29, 0.717) is 31.7 Å². The Balaban J connectivity index is 2.18. The summed E-state index contributed by atoms with van der Waals surface area (Å²) in [4.78, 5) is 18.5. The van der Waals surface area contributed by atoms with Crippen LogP contribution in [0.2, 0.25) is 0 Å². The van der Waals surface area contributed by atoms with Crippen LogP contribution in [-0.2, 0) is 19.5 Å². The SMILES string of the molecule is CC#CCOc1ccc(S(=O)(=O)CC2(C(=O)NOC(C)(C)C)CCNCC2)cc1. The topological polar surface area (TPSA) is 93.7 Å². The molecule has 1 heterocycles. The van der Waals surface area contributed by atoms with Crippen molar-refractivity contribution in [2.75, 3.05) is 25.4 Å². The van der Waals surface area contributed by atoms with Crippen LogP contribution >= 0.6 is 0 Å². The third-order valence-electron chi connectivity index (χ3n) is 4.63. The van der Waals surface area contributed by atoms with E-state index in [4.69, 9.17) is 9.57 Å². The zero-order chi connectivity index (χ0) is 21.5. The Morgan fingerprint density at radius 1 is 1.21 bits per heavy atom. The van der Waals surface area contributed by atoms with Gasteiger partial charge in [-0.1, -0.05) is 5.92 Å². The maximum Gasteiger partial charge on any atom is 0.250 e. The number of rotatable bonds is 7. The van der Waals surface area contributed by atoms with Gasteiger partial charge in [-0.15, -0.1) is 5.92 Å². The summed E-state index contributed by atoms with van der Waals surface area (Å²) in [6.45, 7) is 8.55. The number of hydrogen-bond acceptors (Lipinski definition) is 6. The first-order valence-electron chi connectivity index (χ1n) is 9.62. The highest BCUT2D eigenvalue weighted by Crippen LogP contribution is 2.33. The molecule has 1 amide bonds. The molecule has 1 fully saturated rings. The Morgan fingerprint density at radius 2 is 1.83 bits per heavy atom. The largest absolute Gasteiger partial charge is 0.481 e. The van der Waals surface area contributed by atoms with Crippen LogP contribution in [0.15, 0.2) is 29.2 Å². The molecule has 8 heteroatoms. The average Bonchev–Trinajstić information content (AvgIpc) is 2.66. The second-order valence-electron chi connectivity index (χ2n) is 8.12. The van der Waals surface area contributed by atoms with Crippen LogP contribution in [0.5, 0.6) is 5.75 Å². The van der Waals surface area contributed by atoms with E-state index in [2.05, 4.69) is 22.6 Å². The molecule has 0 bridgehead atoms. The average molecular weight is 423 g/mol. The molecule has 2 N–H and O–H groups in total. The van der Waals surface area contributed by atoms with Crippen molar-refractivity contribution in [2.45, 2.75) is 51.0 Å². The standard InChI is InChI=1S/C21H30N2O5S/c1-5-6-15-27-17-7-9-18(10-8-17)29(25,26)16-21(11-13-22-14-12-21)19(24)23-28-20(2,3)4/h7-10,22H,11-16H2,1-4H3,(H,23,24). The zero-order valence-corrected chi connectivity index (χ0v) is 18.3. The summed E-state index contributed by atoms with van der Waals surface area (Å²) in [5.41, 5.74) is 0.872. The number of sulfone groups is 1. The molecule has 160 valence electrons. The molecule has 0 saturated carbocycles. The van der Waals surface area contributed by atoms with Gasteiger partial charge in [0.15, 0.2) is 9.84 Å². The highest BCUT2D eigenvalue weighted by atomic mass is 32.2. The van der Waals surface area contributed by atoms with Crippen molar-refractivity contribution in [3.63, 3.8) is 0 Å². The van der Waals surface area contributed by atoms with E-state index in [9.17, 15) is 13.2 Å². The lowest BCUT2D eigenvalue weighted by molar-refractivity contribution is -0.156. The predicted octanol–water partition coefficient (Wildman–Crippen LogP) is 2.08. The minimum Gasteiger partial charge on any atom is -0.481 e. The fraction of sp³-hybridized carbons (Fsp3) is 0.571. The van der Waals surface area contributed by atoms with Crippen molar-refractivity contribution in [1.82, 2.24) is 10.8 Å². The van der Waals surface area contributed by atoms with Crippen LogP contribution in [0.4, 0.5) is 0 Å². The second-order valence-corrected chi connectivity index (χ2v) is 10.1. The molecule has 1 aliphatic heterocycles. The molecule has 1 saturated heterocycles. The van der Waals surface area contributed by atoms with Gasteiger partial charge in [0.25, 0.3) is 5.91 Å². The molecule has 0 spiro atoms. The number of ether oxygens (including phenoxy) is 1. The van der Waals surface area contributed by atoms with Gasteiger partial charge >= 0.3 is 0 Å². The number of amides is 1. The molecule has 2 rings (SSSR count). The zero-order valence-electron chi connectivity index (χ0n) is 17.5. The van der Waals surface area contributed by atoms with E-state index in [1.54, 1.807) is 19.1 Å². The number of hydroxylamine groups is 1. The Hall–Kier alpha value is -2.08. The number of carbonyl (C=O) groups excluding carboxylic acids is 1. The minimum atomic E-state index is -3.69. The van der Waals surface area contributed by atoms with Crippen molar-refractivity contribution >= 4 is 15.7 Å². The van der Waals surface area contributed by atoms with Gasteiger partial charge < -0.3 is 10.1 Å². The van der Waals surface area contributed by atoms with Gasteiger partial charge in [-0.2, -0.15) is 0 Å². The monoisotopic (exact) mass is 422 g/mol. The van der Waals surface area contributed by atoms with Gasteiger partial charge in [0.05, 0.1) is 21.7 Å². The lowest BCUT2D eigenvalue weighted by Gasteiger charge is -2.36. The molecular weight excluding hydrogens is 392 g/mol. The molecular formula is C21H30N2O5S. The molecule has 7 nitrogen and oxygen atoms in total. The third-order valence-corrected chi connectivity index (χ3v) is 6.55. The van der Waals surface area contributed by atoms with Crippen LogP contribution in [0, 0.1) is 17.3 Å². The predicted molar refractivity (Wildman–Crippen MR) is 111 cm³/mol. The second kappa shape index (κ2) is 9.61. The van der Waals surface area contributed by atoms with Gasteiger partial charge in [0, 0.05) is 0 Å². The van der Waals surface area contributed by atoms with Crippen LogP contribution in [0.25, 0.3) is 0 Å². The minimum absolute atomic E-state index is 0.161. The maximum atomic E-state index is 13.1. The summed E-state index contributed by atoms with van der Waals surface area (Å²) in [7, 11) is -3.69. The van der Waals surface area contributed by atoms with Crippen LogP contribution < -0.4 is 15.5 Å². The van der Waals surface area contributed by atoms with Gasteiger partial charge in [-0.3, -0.25) is 9.63 Å². The fourth-order valence-electron chi connectivity index (χ4n) is 3.03. The highest BCUT2D eigenvalue weighted by Gasteiger charge is 2.44. The van der Waals surface area contributed by atoms with E-state index in [-0.39, 0.29) is 17.3 Å². The molecule has 0 aromatic heterocycles. The number of benzene rings is 1. The molecule has 0 radical (unpaired) electrons. The molecule has 1 aliphatic rings. The molecule has 1 aromatic rings. The van der Waals surface area contributed by atoms with Crippen molar-refractivity contribution in [2.24, 2.45) is 5.41 Å². The number of hydrogen-bond donors (Lipinski definition) is 2. The smallest absolute Gasteiger partial charge is 0.250 e. The Bertz CT molecular complexity index is 855. The molecule has 0 aliphatic carbocycles. The van der Waals surface area contributed by atoms with Crippen LogP contribution in [-0.4, -0.2) is 45.4 Å². The Kier molecular flexibility index (Phi) is 7.69. The first-order chi connectivity index (χ1) is 13.6. The van der Waals surface area contributed by atoms with Gasteiger partial charge in [-0.05, 0) is 77.9 Å². The summed E-state index contributed by atoms with van der Waals surface area (Å²) in [6, 6.07) is 6.20. The molecule has 1 aromatic carbocycles. The first-order valence-corrected chi connectivity index (χ1v) is 11.3. The van der Waals surface area contributed by atoms with Gasteiger partial charge in [-0.25, -0.2) is 13.9 Å². The molecule has 0 atom stereocenters. The normalized spacial score (nSPS) is 16.4. The lowest BCUT2D eigenvalue weighted by Crippen LogP contribution is -2.52. The first kappa shape index (κ1) is 23.2. The summed E-state index contributed by atoms with van der Waals surface area (Å²) in [5, 5.41) is 3.18. The Labute approximate surface area is 173 Å². The number of nitrogens with one attached hydrogen (secondary N) is 2. The van der Waals surface area contributed by atoms with Crippen LogP contribution in [0.1, 0.15) is 40.5 Å². The van der Waals surface area contributed by atoms with Crippen molar-refractivity contribution in [1.29, 1.82) is 0 Å². The van der Waals surface area contributed by atoms with Gasteiger partial charge in [0.2, 0.25) is 0 Å². The maximum absolute atomic E-state index is 13.1. The summed E-state index contributed by atoms with van der Waals surface area (Å²) in [6.07, 6.45) is 0.838.